The number of aromatic nitrogens is 3. The molecule has 25 heavy (non-hydrogen) atoms. The Labute approximate surface area is 145 Å². The molecule has 7 heteroatoms. The SMILES string of the molecule is Cc1cnc(CNC(=O)[C@@H]2CCCN2c2ncnc3ccccc23)o1. The first-order valence-corrected chi connectivity index (χ1v) is 8.38. The largest absolute Gasteiger partial charge is 0.444 e. The number of hydrogen-bond donors (Lipinski definition) is 1. The van der Waals surface area contributed by atoms with Crippen molar-refractivity contribution in [1.82, 2.24) is 20.3 Å². The third-order valence-corrected chi connectivity index (χ3v) is 4.43. The highest BCUT2D eigenvalue weighted by atomic mass is 16.4. The fourth-order valence-corrected chi connectivity index (χ4v) is 3.28. The van der Waals surface area contributed by atoms with Crippen LogP contribution in [0.1, 0.15) is 24.5 Å². The number of hydrogen-bond acceptors (Lipinski definition) is 6. The Morgan fingerprint density at radius 3 is 3.04 bits per heavy atom. The number of carbonyl (C=O) groups excluding carboxylic acids is 1. The van der Waals surface area contributed by atoms with E-state index in [0.29, 0.717) is 12.4 Å². The number of rotatable bonds is 4. The van der Waals surface area contributed by atoms with Gasteiger partial charge in [-0.1, -0.05) is 12.1 Å². The standard InChI is InChI=1S/C18H19N5O2/c1-12-9-19-16(25-12)10-20-18(24)15-7-4-8-23(15)17-13-5-2-3-6-14(13)21-11-22-17/h2-3,5-6,9,11,15H,4,7-8,10H2,1H3,(H,20,24)/t15-/m0/s1. The minimum absolute atomic E-state index is 0.0314. The lowest BCUT2D eigenvalue weighted by Gasteiger charge is -2.25. The minimum atomic E-state index is -0.241. The summed E-state index contributed by atoms with van der Waals surface area (Å²) >= 11 is 0. The van der Waals surface area contributed by atoms with Crippen LogP contribution in [0.3, 0.4) is 0 Å². The number of nitrogens with one attached hydrogen (secondary N) is 1. The Hall–Kier alpha value is -2.96. The van der Waals surface area contributed by atoms with Crippen LogP contribution in [0, 0.1) is 6.92 Å². The minimum Gasteiger partial charge on any atom is -0.444 e. The molecule has 0 spiro atoms. The highest BCUT2D eigenvalue weighted by Gasteiger charge is 2.32. The van der Waals surface area contributed by atoms with Crippen LogP contribution in [0.2, 0.25) is 0 Å². The summed E-state index contributed by atoms with van der Waals surface area (Å²) in [5.74, 6) is 2.04. The van der Waals surface area contributed by atoms with E-state index in [4.69, 9.17) is 4.42 Å². The summed E-state index contributed by atoms with van der Waals surface area (Å²) in [6, 6.07) is 7.62. The topological polar surface area (TPSA) is 84.2 Å². The molecule has 0 saturated carbocycles. The predicted molar refractivity (Wildman–Crippen MR) is 93.0 cm³/mol. The van der Waals surface area contributed by atoms with Crippen LogP contribution in [0.5, 0.6) is 0 Å². The molecule has 1 N–H and O–H groups in total. The van der Waals surface area contributed by atoms with Crippen molar-refractivity contribution < 1.29 is 9.21 Å². The maximum absolute atomic E-state index is 12.7. The number of oxazole rings is 1. The van der Waals surface area contributed by atoms with Gasteiger partial charge in [0.1, 0.15) is 23.9 Å². The second-order valence-electron chi connectivity index (χ2n) is 6.15. The molecule has 4 rings (SSSR count). The first-order chi connectivity index (χ1) is 12.2. The number of para-hydroxylation sites is 1. The smallest absolute Gasteiger partial charge is 0.243 e. The lowest BCUT2D eigenvalue weighted by molar-refractivity contribution is -0.122. The Morgan fingerprint density at radius 2 is 2.20 bits per heavy atom. The van der Waals surface area contributed by atoms with E-state index in [0.717, 1.165) is 41.9 Å². The Bertz CT molecular complexity index is 902. The van der Waals surface area contributed by atoms with Crippen LogP contribution in [0.25, 0.3) is 10.9 Å². The first kappa shape index (κ1) is 15.6. The van der Waals surface area contributed by atoms with E-state index in [1.165, 1.54) is 0 Å². The van der Waals surface area contributed by atoms with Gasteiger partial charge in [-0.3, -0.25) is 4.79 Å². The molecule has 0 unspecified atom stereocenters. The van der Waals surface area contributed by atoms with E-state index in [9.17, 15) is 4.79 Å². The molecule has 1 aromatic carbocycles. The van der Waals surface area contributed by atoms with Crippen LogP contribution < -0.4 is 10.2 Å². The first-order valence-electron chi connectivity index (χ1n) is 8.38. The van der Waals surface area contributed by atoms with Gasteiger partial charge in [-0.25, -0.2) is 15.0 Å². The van der Waals surface area contributed by atoms with Crippen molar-refractivity contribution in [2.75, 3.05) is 11.4 Å². The molecule has 3 heterocycles. The zero-order valence-corrected chi connectivity index (χ0v) is 14.0. The van der Waals surface area contributed by atoms with Gasteiger partial charge in [-0.05, 0) is 31.9 Å². The van der Waals surface area contributed by atoms with Crippen molar-refractivity contribution in [1.29, 1.82) is 0 Å². The Morgan fingerprint density at radius 1 is 1.32 bits per heavy atom. The highest BCUT2D eigenvalue weighted by molar-refractivity contribution is 5.93. The van der Waals surface area contributed by atoms with Crippen LogP contribution in [-0.2, 0) is 11.3 Å². The maximum atomic E-state index is 12.7. The fourth-order valence-electron chi connectivity index (χ4n) is 3.28. The van der Waals surface area contributed by atoms with Gasteiger partial charge >= 0.3 is 0 Å². The summed E-state index contributed by atoms with van der Waals surface area (Å²) < 4.78 is 5.41. The number of carbonyl (C=O) groups is 1. The summed E-state index contributed by atoms with van der Waals surface area (Å²) in [6.45, 7) is 2.93. The molecule has 1 saturated heterocycles. The average molecular weight is 337 g/mol. The fraction of sp³-hybridized carbons (Fsp3) is 0.333. The quantitative estimate of drug-likeness (QED) is 0.786. The molecule has 0 aliphatic carbocycles. The average Bonchev–Trinajstić information content (AvgIpc) is 3.28. The van der Waals surface area contributed by atoms with Gasteiger partial charge in [-0.15, -0.1) is 0 Å². The van der Waals surface area contributed by atoms with Crippen LogP contribution in [0.4, 0.5) is 5.82 Å². The normalized spacial score (nSPS) is 17.2. The summed E-state index contributed by atoms with van der Waals surface area (Å²) in [5.41, 5.74) is 0.883. The van der Waals surface area contributed by atoms with E-state index in [2.05, 4.69) is 25.2 Å². The number of nitrogens with zero attached hydrogens (tertiary/aromatic N) is 4. The van der Waals surface area contributed by atoms with Gasteiger partial charge in [0.2, 0.25) is 11.8 Å². The van der Waals surface area contributed by atoms with Gasteiger partial charge in [-0.2, -0.15) is 0 Å². The van der Waals surface area contributed by atoms with Gasteiger partial charge in [0.15, 0.2) is 0 Å². The lowest BCUT2D eigenvalue weighted by Crippen LogP contribution is -2.43. The molecule has 1 aliphatic rings. The Kier molecular flexibility index (Phi) is 4.05. The van der Waals surface area contributed by atoms with Crippen molar-refractivity contribution in [3.05, 3.63) is 48.4 Å². The maximum Gasteiger partial charge on any atom is 0.243 e. The summed E-state index contributed by atoms with van der Waals surface area (Å²) in [4.78, 5) is 27.6. The number of anilines is 1. The molecule has 1 fully saturated rings. The van der Waals surface area contributed by atoms with Crippen molar-refractivity contribution in [3.63, 3.8) is 0 Å². The number of fused-ring (bicyclic) bond motifs is 1. The van der Waals surface area contributed by atoms with Crippen molar-refractivity contribution >= 4 is 22.6 Å². The number of benzene rings is 1. The molecule has 128 valence electrons. The molecule has 1 amide bonds. The third-order valence-electron chi connectivity index (χ3n) is 4.43. The Balaban J connectivity index is 1.54. The summed E-state index contributed by atoms with van der Waals surface area (Å²) in [7, 11) is 0. The van der Waals surface area contributed by atoms with E-state index >= 15 is 0 Å². The van der Waals surface area contributed by atoms with E-state index in [-0.39, 0.29) is 11.9 Å². The zero-order chi connectivity index (χ0) is 17.2. The van der Waals surface area contributed by atoms with Crippen molar-refractivity contribution in [2.45, 2.75) is 32.4 Å². The van der Waals surface area contributed by atoms with Crippen molar-refractivity contribution in [3.8, 4) is 0 Å². The zero-order valence-electron chi connectivity index (χ0n) is 14.0. The lowest BCUT2D eigenvalue weighted by atomic mass is 10.2. The van der Waals surface area contributed by atoms with E-state index in [1.807, 2.05) is 31.2 Å². The van der Waals surface area contributed by atoms with Crippen molar-refractivity contribution in [2.24, 2.45) is 0 Å². The number of aryl methyl sites for hydroxylation is 1. The monoisotopic (exact) mass is 337 g/mol. The molecule has 3 aromatic rings. The molecule has 0 radical (unpaired) electrons. The van der Waals surface area contributed by atoms with Crippen LogP contribution in [-0.4, -0.2) is 33.4 Å². The van der Waals surface area contributed by atoms with Gasteiger partial charge in [0.05, 0.1) is 18.3 Å². The number of amides is 1. The molecule has 1 aliphatic heterocycles. The van der Waals surface area contributed by atoms with Gasteiger partial charge < -0.3 is 14.6 Å². The van der Waals surface area contributed by atoms with E-state index < -0.39 is 0 Å². The highest BCUT2D eigenvalue weighted by Crippen LogP contribution is 2.29. The van der Waals surface area contributed by atoms with Crippen LogP contribution >= 0.6 is 0 Å². The second-order valence-corrected chi connectivity index (χ2v) is 6.15. The third kappa shape index (κ3) is 3.05. The van der Waals surface area contributed by atoms with E-state index in [1.54, 1.807) is 12.5 Å². The molecule has 2 aromatic heterocycles. The van der Waals surface area contributed by atoms with Gasteiger partial charge in [0.25, 0.3) is 0 Å². The van der Waals surface area contributed by atoms with Crippen LogP contribution in [0.15, 0.2) is 41.2 Å². The molecule has 1 atom stereocenters. The summed E-state index contributed by atoms with van der Waals surface area (Å²) in [6.07, 6.45) is 4.96. The molecular formula is C18H19N5O2. The predicted octanol–water partition coefficient (Wildman–Crippen LogP) is 2.21. The molecular weight excluding hydrogens is 318 g/mol. The second kappa shape index (κ2) is 6.51. The van der Waals surface area contributed by atoms with Gasteiger partial charge in [0, 0.05) is 11.9 Å². The summed E-state index contributed by atoms with van der Waals surface area (Å²) in [5, 5.41) is 3.89. The molecule has 7 nitrogen and oxygen atoms in total. The molecule has 0 bridgehead atoms.